The minimum absolute atomic E-state index is 0.0160. The summed E-state index contributed by atoms with van der Waals surface area (Å²) >= 11 is 0. The van der Waals surface area contributed by atoms with Gasteiger partial charge in [0.05, 0.1) is 11.0 Å². The largest absolute Gasteiger partial charge is 0.504 e. The molecule has 0 amide bonds. The van der Waals surface area contributed by atoms with E-state index in [9.17, 15) is 15.0 Å². The number of aromatic hydroxyl groups is 1. The molecule has 3 heterocycles. The molecule has 4 atom stereocenters. The standard InChI is InChI=1S/C16H19NO5/c1-2-3-9(19)14-16-6-7-17-15(13(16)20)21-10-5-4-8(18)12(22-14)11(10)16/h4-5,13-15,17-18,20H,2-3,6-7H2,1H3/t13?,14-,15+,16+/m0/s1. The van der Waals surface area contributed by atoms with Gasteiger partial charge in [-0.1, -0.05) is 6.92 Å². The number of rotatable bonds is 3. The van der Waals surface area contributed by atoms with E-state index in [2.05, 4.69) is 5.32 Å². The maximum Gasteiger partial charge on any atom is 0.177 e. The van der Waals surface area contributed by atoms with E-state index in [4.69, 9.17) is 9.47 Å². The highest BCUT2D eigenvalue weighted by atomic mass is 16.5. The highest BCUT2D eigenvalue weighted by Gasteiger charge is 2.64. The Hall–Kier alpha value is -1.79. The molecule has 3 aliphatic rings. The number of hydrogen-bond donors (Lipinski definition) is 3. The van der Waals surface area contributed by atoms with E-state index in [0.717, 1.165) is 6.42 Å². The maximum absolute atomic E-state index is 12.6. The summed E-state index contributed by atoms with van der Waals surface area (Å²) in [6, 6.07) is 3.17. The molecule has 6 nitrogen and oxygen atoms in total. The summed E-state index contributed by atoms with van der Waals surface area (Å²) in [6.07, 6.45) is -0.532. The van der Waals surface area contributed by atoms with Gasteiger partial charge in [0.1, 0.15) is 11.9 Å². The van der Waals surface area contributed by atoms with Gasteiger partial charge in [0, 0.05) is 6.42 Å². The molecule has 1 spiro atoms. The minimum Gasteiger partial charge on any atom is -0.504 e. The number of fused-ring (bicyclic) bond motifs is 1. The number of ketones is 1. The van der Waals surface area contributed by atoms with Crippen LogP contribution in [0.1, 0.15) is 31.7 Å². The average Bonchev–Trinajstić information content (AvgIpc) is 2.82. The predicted octanol–water partition coefficient (Wildman–Crippen LogP) is 0.833. The number of nitrogens with one attached hydrogen (secondary N) is 1. The van der Waals surface area contributed by atoms with Crippen molar-refractivity contribution in [1.82, 2.24) is 5.32 Å². The summed E-state index contributed by atoms with van der Waals surface area (Å²) in [5.74, 6) is 0.803. The molecule has 0 radical (unpaired) electrons. The highest BCUT2D eigenvalue weighted by Crippen LogP contribution is 2.59. The van der Waals surface area contributed by atoms with Crippen molar-refractivity contribution in [3.05, 3.63) is 17.7 Å². The van der Waals surface area contributed by atoms with E-state index in [1.807, 2.05) is 6.92 Å². The Morgan fingerprint density at radius 3 is 3.05 bits per heavy atom. The first-order valence-corrected chi connectivity index (χ1v) is 7.73. The summed E-state index contributed by atoms with van der Waals surface area (Å²) in [7, 11) is 0. The van der Waals surface area contributed by atoms with E-state index < -0.39 is 23.9 Å². The zero-order valence-corrected chi connectivity index (χ0v) is 12.3. The predicted molar refractivity (Wildman–Crippen MR) is 77.2 cm³/mol. The lowest BCUT2D eigenvalue weighted by Gasteiger charge is -2.48. The van der Waals surface area contributed by atoms with E-state index >= 15 is 0 Å². The molecular weight excluding hydrogens is 286 g/mol. The van der Waals surface area contributed by atoms with E-state index in [1.54, 1.807) is 6.07 Å². The van der Waals surface area contributed by atoms with Gasteiger partial charge in [-0.25, -0.2) is 0 Å². The first-order valence-electron chi connectivity index (χ1n) is 7.73. The zero-order valence-electron chi connectivity index (χ0n) is 12.3. The molecule has 3 N–H and O–H groups in total. The Balaban J connectivity index is 1.92. The number of benzene rings is 1. The molecule has 2 bridgehead atoms. The number of hydrogen-bond acceptors (Lipinski definition) is 6. The smallest absolute Gasteiger partial charge is 0.177 e. The molecule has 1 aromatic rings. The van der Waals surface area contributed by atoms with Gasteiger partial charge in [-0.2, -0.15) is 0 Å². The van der Waals surface area contributed by atoms with Crippen LogP contribution in [0.2, 0.25) is 0 Å². The fourth-order valence-corrected chi connectivity index (χ4v) is 4.05. The maximum atomic E-state index is 12.6. The number of carbonyl (C=O) groups is 1. The highest BCUT2D eigenvalue weighted by molar-refractivity contribution is 5.88. The van der Waals surface area contributed by atoms with Crippen molar-refractivity contribution in [3.8, 4) is 17.2 Å². The van der Waals surface area contributed by atoms with Crippen LogP contribution in [0.25, 0.3) is 0 Å². The van der Waals surface area contributed by atoms with Gasteiger partial charge in [-0.05, 0) is 31.5 Å². The Kier molecular flexibility index (Phi) is 2.90. The van der Waals surface area contributed by atoms with Crippen molar-refractivity contribution in [1.29, 1.82) is 0 Å². The lowest BCUT2D eigenvalue weighted by atomic mass is 9.65. The van der Waals surface area contributed by atoms with Crippen molar-refractivity contribution in [3.63, 3.8) is 0 Å². The second-order valence-electron chi connectivity index (χ2n) is 6.23. The molecule has 1 unspecified atom stereocenters. The molecule has 1 aromatic carbocycles. The van der Waals surface area contributed by atoms with Crippen LogP contribution >= 0.6 is 0 Å². The number of aliphatic hydroxyl groups is 1. The molecule has 0 saturated carbocycles. The van der Waals surface area contributed by atoms with Gasteiger partial charge in [0.25, 0.3) is 0 Å². The third-order valence-corrected chi connectivity index (χ3v) is 5.01. The summed E-state index contributed by atoms with van der Waals surface area (Å²) in [4.78, 5) is 12.6. The van der Waals surface area contributed by atoms with Crippen molar-refractivity contribution >= 4 is 5.78 Å². The summed E-state index contributed by atoms with van der Waals surface area (Å²) in [5, 5.41) is 24.0. The van der Waals surface area contributed by atoms with Gasteiger partial charge in [0.2, 0.25) is 0 Å². The number of ether oxygens (including phenoxy) is 2. The van der Waals surface area contributed by atoms with Crippen molar-refractivity contribution < 1.29 is 24.5 Å². The summed E-state index contributed by atoms with van der Waals surface area (Å²) < 4.78 is 11.6. The molecule has 0 aliphatic carbocycles. The Bertz CT molecular complexity index is 646. The topological polar surface area (TPSA) is 88.0 Å². The number of piperidine rings is 1. The van der Waals surface area contributed by atoms with Crippen LogP contribution < -0.4 is 14.8 Å². The molecule has 4 rings (SSSR count). The van der Waals surface area contributed by atoms with Gasteiger partial charge in [-0.3, -0.25) is 10.1 Å². The minimum atomic E-state index is -0.886. The van der Waals surface area contributed by atoms with Gasteiger partial charge in [-0.15, -0.1) is 0 Å². The lowest BCUT2D eigenvalue weighted by Crippen LogP contribution is -2.67. The van der Waals surface area contributed by atoms with Gasteiger partial charge in [0.15, 0.2) is 29.6 Å². The quantitative estimate of drug-likeness (QED) is 0.767. The number of carbonyl (C=O) groups excluding carboxylic acids is 1. The molecule has 118 valence electrons. The van der Waals surface area contributed by atoms with Crippen molar-refractivity contribution in [2.45, 2.75) is 50.0 Å². The number of Topliss-reactive ketones (excluding diaryl/α,β-unsaturated/α-hetero) is 1. The molecular formula is C16H19NO5. The lowest BCUT2D eigenvalue weighted by molar-refractivity contribution is -0.139. The van der Waals surface area contributed by atoms with E-state index in [1.165, 1.54) is 6.07 Å². The van der Waals surface area contributed by atoms with Crippen LogP contribution in [-0.2, 0) is 10.2 Å². The van der Waals surface area contributed by atoms with Crippen LogP contribution in [-0.4, -0.2) is 41.0 Å². The van der Waals surface area contributed by atoms with Crippen LogP contribution in [0.3, 0.4) is 0 Å². The Morgan fingerprint density at radius 1 is 1.45 bits per heavy atom. The van der Waals surface area contributed by atoms with Crippen LogP contribution in [0.15, 0.2) is 12.1 Å². The SMILES string of the molecule is CCCC(=O)[C@@H]1Oc2c(O)ccc3c2[C@@]12CCN[C@H](O3)C2O. The Labute approximate surface area is 128 Å². The normalized spacial score (nSPS) is 34.5. The van der Waals surface area contributed by atoms with Crippen LogP contribution in [0.5, 0.6) is 17.2 Å². The zero-order chi connectivity index (χ0) is 15.5. The third-order valence-electron chi connectivity index (χ3n) is 5.01. The van der Waals surface area contributed by atoms with Gasteiger partial charge < -0.3 is 19.7 Å². The first kappa shape index (κ1) is 13.8. The van der Waals surface area contributed by atoms with Crippen molar-refractivity contribution in [2.24, 2.45) is 0 Å². The second-order valence-corrected chi connectivity index (χ2v) is 6.23. The fourth-order valence-electron chi connectivity index (χ4n) is 4.05. The number of aliphatic hydroxyl groups excluding tert-OH is 1. The van der Waals surface area contributed by atoms with Crippen LogP contribution in [0, 0.1) is 0 Å². The molecule has 6 heteroatoms. The first-order chi connectivity index (χ1) is 10.6. The van der Waals surface area contributed by atoms with E-state index in [0.29, 0.717) is 30.7 Å². The monoisotopic (exact) mass is 305 g/mol. The fraction of sp³-hybridized carbons (Fsp3) is 0.562. The molecule has 1 saturated heterocycles. The average molecular weight is 305 g/mol. The molecule has 1 fully saturated rings. The summed E-state index contributed by atoms with van der Waals surface area (Å²) in [5.41, 5.74) is -0.184. The molecule has 0 aromatic heterocycles. The Morgan fingerprint density at radius 2 is 2.27 bits per heavy atom. The van der Waals surface area contributed by atoms with E-state index in [-0.39, 0.29) is 17.3 Å². The number of phenolic OH excluding ortho intramolecular Hbond substituents is 1. The molecule has 22 heavy (non-hydrogen) atoms. The van der Waals surface area contributed by atoms with Crippen LogP contribution in [0.4, 0.5) is 0 Å². The second kappa shape index (κ2) is 4.60. The summed E-state index contributed by atoms with van der Waals surface area (Å²) in [6.45, 7) is 2.56. The molecule has 3 aliphatic heterocycles. The van der Waals surface area contributed by atoms with Crippen molar-refractivity contribution in [2.75, 3.05) is 6.54 Å². The third kappa shape index (κ3) is 1.54. The number of phenols is 1. The van der Waals surface area contributed by atoms with Gasteiger partial charge >= 0.3 is 0 Å².